The number of hydrogen-bond donors (Lipinski definition) is 2. The van der Waals surface area contributed by atoms with Gasteiger partial charge in [-0.3, -0.25) is 9.59 Å². The molecular formula is C25H24N2O2. The van der Waals surface area contributed by atoms with Crippen LogP contribution in [-0.4, -0.2) is 11.8 Å². The zero-order valence-corrected chi connectivity index (χ0v) is 16.2. The number of amides is 2. The maximum absolute atomic E-state index is 12.8. The Balaban J connectivity index is 1.47. The van der Waals surface area contributed by atoms with Crippen LogP contribution < -0.4 is 10.6 Å². The predicted molar refractivity (Wildman–Crippen MR) is 113 cm³/mol. The van der Waals surface area contributed by atoms with E-state index in [1.54, 1.807) is 12.1 Å². The summed E-state index contributed by atoms with van der Waals surface area (Å²) in [5.74, 6) is -0.243. The van der Waals surface area contributed by atoms with Crippen molar-refractivity contribution in [2.24, 2.45) is 0 Å². The lowest BCUT2D eigenvalue weighted by Crippen LogP contribution is -2.34. The van der Waals surface area contributed by atoms with Gasteiger partial charge in [-0.05, 0) is 41.7 Å². The summed E-state index contributed by atoms with van der Waals surface area (Å²) in [6.45, 7) is 0. The highest BCUT2D eigenvalue weighted by molar-refractivity contribution is 5.94. The lowest BCUT2D eigenvalue weighted by atomic mass is 10.0. The van der Waals surface area contributed by atoms with Gasteiger partial charge in [-0.1, -0.05) is 72.8 Å². The molecule has 146 valence electrons. The molecule has 4 heteroatoms. The van der Waals surface area contributed by atoms with Gasteiger partial charge in [-0.15, -0.1) is 0 Å². The molecule has 0 fully saturated rings. The molecule has 0 aromatic heterocycles. The first-order valence-electron chi connectivity index (χ1n) is 9.99. The second kappa shape index (κ2) is 8.74. The molecule has 4 rings (SSSR count). The average molecular weight is 384 g/mol. The normalized spacial score (nSPS) is 15.9. The summed E-state index contributed by atoms with van der Waals surface area (Å²) in [5.41, 5.74) is 4.00. The Labute approximate surface area is 171 Å². The molecule has 3 aromatic rings. The van der Waals surface area contributed by atoms with Gasteiger partial charge >= 0.3 is 0 Å². The van der Waals surface area contributed by atoms with Gasteiger partial charge in [-0.2, -0.15) is 0 Å². The molecule has 0 radical (unpaired) electrons. The number of fused-ring (bicyclic) bond motifs is 1. The molecule has 2 atom stereocenters. The molecule has 3 aromatic carbocycles. The van der Waals surface area contributed by atoms with Crippen molar-refractivity contribution in [3.05, 3.63) is 107 Å². The zero-order chi connectivity index (χ0) is 20.1. The lowest BCUT2D eigenvalue weighted by Gasteiger charge is -2.21. The van der Waals surface area contributed by atoms with Crippen LogP contribution in [0.15, 0.2) is 84.9 Å². The maximum atomic E-state index is 12.8. The number of aryl methyl sites for hydroxylation is 1. The molecule has 0 spiro atoms. The molecular weight excluding hydrogens is 360 g/mol. The van der Waals surface area contributed by atoms with Crippen LogP contribution in [0.25, 0.3) is 0 Å². The van der Waals surface area contributed by atoms with Crippen LogP contribution in [-0.2, 0) is 11.2 Å². The van der Waals surface area contributed by atoms with Crippen molar-refractivity contribution in [1.82, 2.24) is 10.6 Å². The van der Waals surface area contributed by atoms with E-state index in [0.717, 1.165) is 18.4 Å². The van der Waals surface area contributed by atoms with Crippen molar-refractivity contribution in [2.75, 3.05) is 0 Å². The van der Waals surface area contributed by atoms with Gasteiger partial charge in [-0.25, -0.2) is 0 Å². The fourth-order valence-electron chi connectivity index (χ4n) is 3.91. The first-order chi connectivity index (χ1) is 14.2. The molecule has 0 saturated carbocycles. The first-order valence-corrected chi connectivity index (χ1v) is 9.99. The molecule has 0 unspecified atom stereocenters. The second-order valence-corrected chi connectivity index (χ2v) is 7.36. The van der Waals surface area contributed by atoms with E-state index in [9.17, 15) is 9.59 Å². The minimum atomic E-state index is -0.388. The smallest absolute Gasteiger partial charge is 0.251 e. The van der Waals surface area contributed by atoms with Gasteiger partial charge in [0.2, 0.25) is 5.91 Å². The van der Waals surface area contributed by atoms with Gasteiger partial charge in [0, 0.05) is 5.56 Å². The first kappa shape index (κ1) is 18.9. The van der Waals surface area contributed by atoms with Gasteiger partial charge < -0.3 is 10.6 Å². The van der Waals surface area contributed by atoms with E-state index in [4.69, 9.17) is 0 Å². The van der Waals surface area contributed by atoms with Crippen LogP contribution >= 0.6 is 0 Å². The zero-order valence-electron chi connectivity index (χ0n) is 16.2. The Morgan fingerprint density at radius 3 is 2.28 bits per heavy atom. The third-order valence-electron chi connectivity index (χ3n) is 5.40. The molecule has 1 aliphatic carbocycles. The fraction of sp³-hybridized carbons (Fsp3) is 0.200. The van der Waals surface area contributed by atoms with Crippen molar-refractivity contribution >= 4 is 11.8 Å². The van der Waals surface area contributed by atoms with E-state index < -0.39 is 0 Å². The molecule has 0 heterocycles. The van der Waals surface area contributed by atoms with E-state index in [-0.39, 0.29) is 30.3 Å². The summed E-state index contributed by atoms with van der Waals surface area (Å²) in [6.07, 6.45) is 2.09. The van der Waals surface area contributed by atoms with Crippen LogP contribution in [0.3, 0.4) is 0 Å². The minimum Gasteiger partial charge on any atom is -0.349 e. The predicted octanol–water partition coefficient (Wildman–Crippen LogP) is 4.35. The monoisotopic (exact) mass is 384 g/mol. The van der Waals surface area contributed by atoms with Crippen LogP contribution in [0.4, 0.5) is 0 Å². The van der Waals surface area contributed by atoms with Gasteiger partial charge in [0.25, 0.3) is 5.91 Å². The van der Waals surface area contributed by atoms with Crippen molar-refractivity contribution in [3.63, 3.8) is 0 Å². The minimum absolute atomic E-state index is 0.0416. The van der Waals surface area contributed by atoms with Crippen molar-refractivity contribution in [1.29, 1.82) is 0 Å². The SMILES string of the molecule is O=C(C[C@H](NC(=O)c1ccccc1)c1ccccc1)N[C@@H]1CCc2ccccc21. The standard InChI is InChI=1S/C25H24N2O2/c28-24(26-22-16-15-18-9-7-8-14-21(18)22)17-23(19-10-3-1-4-11-19)27-25(29)20-12-5-2-6-13-20/h1-14,22-23H,15-17H2,(H,26,28)(H,27,29)/t22-,23+/m1/s1. The summed E-state index contributed by atoms with van der Waals surface area (Å²) < 4.78 is 0. The lowest BCUT2D eigenvalue weighted by molar-refractivity contribution is -0.122. The highest BCUT2D eigenvalue weighted by atomic mass is 16.2. The Morgan fingerprint density at radius 2 is 1.52 bits per heavy atom. The topological polar surface area (TPSA) is 58.2 Å². The number of nitrogens with one attached hydrogen (secondary N) is 2. The molecule has 2 N–H and O–H groups in total. The van der Waals surface area contributed by atoms with Gasteiger partial charge in [0.15, 0.2) is 0 Å². The molecule has 29 heavy (non-hydrogen) atoms. The number of rotatable bonds is 6. The molecule has 4 nitrogen and oxygen atoms in total. The van der Waals surface area contributed by atoms with Crippen molar-refractivity contribution in [2.45, 2.75) is 31.3 Å². The van der Waals surface area contributed by atoms with Crippen LogP contribution in [0.1, 0.15) is 52.0 Å². The summed E-state index contributed by atoms with van der Waals surface area (Å²) in [7, 11) is 0. The van der Waals surface area contributed by atoms with Crippen molar-refractivity contribution in [3.8, 4) is 0 Å². The summed E-state index contributed by atoms with van der Waals surface area (Å²) in [4.78, 5) is 25.5. The Morgan fingerprint density at radius 1 is 0.862 bits per heavy atom. The van der Waals surface area contributed by atoms with E-state index in [2.05, 4.69) is 22.8 Å². The number of hydrogen-bond acceptors (Lipinski definition) is 2. The van der Waals surface area contributed by atoms with Crippen LogP contribution in [0.5, 0.6) is 0 Å². The quantitative estimate of drug-likeness (QED) is 0.664. The van der Waals surface area contributed by atoms with Crippen LogP contribution in [0.2, 0.25) is 0 Å². The second-order valence-electron chi connectivity index (χ2n) is 7.36. The molecule has 0 bridgehead atoms. The third-order valence-corrected chi connectivity index (χ3v) is 5.40. The van der Waals surface area contributed by atoms with E-state index in [1.807, 2.05) is 60.7 Å². The van der Waals surface area contributed by atoms with Crippen molar-refractivity contribution < 1.29 is 9.59 Å². The third kappa shape index (κ3) is 4.54. The summed E-state index contributed by atoms with van der Waals surface area (Å²) in [6, 6.07) is 26.6. The highest BCUT2D eigenvalue weighted by Crippen LogP contribution is 2.31. The van der Waals surface area contributed by atoms with E-state index in [0.29, 0.717) is 5.56 Å². The van der Waals surface area contributed by atoms with E-state index in [1.165, 1.54) is 11.1 Å². The summed E-state index contributed by atoms with van der Waals surface area (Å²) in [5, 5.41) is 6.18. The molecule has 2 amide bonds. The number of carbonyl (C=O) groups is 2. The Bertz CT molecular complexity index is 986. The average Bonchev–Trinajstić information content (AvgIpc) is 3.17. The van der Waals surface area contributed by atoms with Gasteiger partial charge in [0.05, 0.1) is 18.5 Å². The highest BCUT2D eigenvalue weighted by Gasteiger charge is 2.25. The van der Waals surface area contributed by atoms with Gasteiger partial charge in [0.1, 0.15) is 0 Å². The molecule has 1 aliphatic rings. The fourth-order valence-corrected chi connectivity index (χ4v) is 3.91. The van der Waals surface area contributed by atoms with E-state index >= 15 is 0 Å². The Hall–Kier alpha value is -3.40. The molecule has 0 aliphatic heterocycles. The Kier molecular flexibility index (Phi) is 5.71. The number of carbonyl (C=O) groups excluding carboxylic acids is 2. The molecule has 0 saturated heterocycles. The number of benzene rings is 3. The maximum Gasteiger partial charge on any atom is 0.251 e. The summed E-state index contributed by atoms with van der Waals surface area (Å²) >= 11 is 0. The van der Waals surface area contributed by atoms with Crippen LogP contribution in [0, 0.1) is 0 Å². The largest absolute Gasteiger partial charge is 0.349 e.